The third-order valence-corrected chi connectivity index (χ3v) is 2.34. The fourth-order valence-corrected chi connectivity index (χ4v) is 1.61. The first kappa shape index (κ1) is 14.1. The lowest BCUT2D eigenvalue weighted by Gasteiger charge is -2.10. The van der Waals surface area contributed by atoms with Crippen LogP contribution in [0.25, 0.3) is 11.4 Å². The van der Waals surface area contributed by atoms with Crippen molar-refractivity contribution in [1.29, 1.82) is 0 Å². The van der Waals surface area contributed by atoms with Gasteiger partial charge in [-0.25, -0.2) is 9.97 Å². The van der Waals surface area contributed by atoms with Crippen LogP contribution < -0.4 is 10.1 Å². The molecule has 0 saturated carbocycles. The molecule has 0 aliphatic heterocycles. The summed E-state index contributed by atoms with van der Waals surface area (Å²) in [5, 5.41) is 3.01. The molecule has 1 aromatic carbocycles. The molecule has 0 aliphatic carbocycles. The van der Waals surface area contributed by atoms with Crippen molar-refractivity contribution >= 4 is 5.82 Å². The van der Waals surface area contributed by atoms with Gasteiger partial charge in [0.2, 0.25) is 0 Å². The Labute approximate surface area is 113 Å². The van der Waals surface area contributed by atoms with Crippen LogP contribution in [0.4, 0.5) is 19.0 Å². The molecule has 1 heterocycles. The molecular weight excluding hydrogens is 271 g/mol. The maximum Gasteiger partial charge on any atom is 0.573 e. The second-order valence-electron chi connectivity index (χ2n) is 3.87. The van der Waals surface area contributed by atoms with Gasteiger partial charge in [0.1, 0.15) is 11.6 Å². The molecule has 0 unspecified atom stereocenters. The van der Waals surface area contributed by atoms with Crippen molar-refractivity contribution in [1.82, 2.24) is 9.97 Å². The first-order valence-corrected chi connectivity index (χ1v) is 5.91. The van der Waals surface area contributed by atoms with E-state index in [0.29, 0.717) is 23.8 Å². The lowest BCUT2D eigenvalue weighted by molar-refractivity contribution is -0.274. The molecule has 0 atom stereocenters. The second-order valence-corrected chi connectivity index (χ2v) is 3.87. The highest BCUT2D eigenvalue weighted by Gasteiger charge is 2.31. The third-order valence-electron chi connectivity index (χ3n) is 2.34. The van der Waals surface area contributed by atoms with Gasteiger partial charge in [-0.05, 0) is 25.1 Å². The van der Waals surface area contributed by atoms with Crippen molar-refractivity contribution in [3.63, 3.8) is 0 Å². The fraction of sp³-hybridized carbons (Fsp3) is 0.231. The van der Waals surface area contributed by atoms with E-state index in [1.807, 2.05) is 6.92 Å². The molecule has 1 N–H and O–H groups in total. The number of benzene rings is 1. The number of hydrogen-bond donors (Lipinski definition) is 1. The lowest BCUT2D eigenvalue weighted by Crippen LogP contribution is -2.17. The van der Waals surface area contributed by atoms with Crippen LogP contribution in [0.15, 0.2) is 36.5 Å². The van der Waals surface area contributed by atoms with Crippen LogP contribution in [0.1, 0.15) is 6.92 Å². The molecular formula is C13H12F3N3O. The van der Waals surface area contributed by atoms with Crippen molar-refractivity contribution in [3.05, 3.63) is 36.5 Å². The molecule has 2 aromatic rings. The Bertz CT molecular complexity index is 587. The molecule has 0 fully saturated rings. The molecule has 0 radical (unpaired) electrons. The molecule has 2 rings (SSSR count). The maximum absolute atomic E-state index is 12.2. The number of nitrogens with zero attached hydrogens (tertiary/aromatic N) is 2. The molecule has 0 saturated heterocycles. The number of hydrogen-bond acceptors (Lipinski definition) is 4. The van der Waals surface area contributed by atoms with Crippen LogP contribution >= 0.6 is 0 Å². The zero-order chi connectivity index (χ0) is 14.6. The van der Waals surface area contributed by atoms with E-state index in [0.717, 1.165) is 0 Å². The minimum absolute atomic E-state index is 0.299. The van der Waals surface area contributed by atoms with Crippen LogP contribution in [0.5, 0.6) is 5.75 Å². The molecule has 106 valence electrons. The van der Waals surface area contributed by atoms with Gasteiger partial charge >= 0.3 is 6.36 Å². The molecule has 0 aliphatic rings. The van der Waals surface area contributed by atoms with Gasteiger partial charge in [0.25, 0.3) is 0 Å². The van der Waals surface area contributed by atoms with Crippen molar-refractivity contribution in [3.8, 4) is 17.1 Å². The topological polar surface area (TPSA) is 47.0 Å². The Balaban J connectivity index is 2.28. The van der Waals surface area contributed by atoms with Crippen LogP contribution in [0, 0.1) is 0 Å². The molecule has 0 bridgehead atoms. The van der Waals surface area contributed by atoms with Crippen LogP contribution in [0.3, 0.4) is 0 Å². The SMILES string of the molecule is CCNc1ccnc(-c2cccc(OC(F)(F)F)c2)n1. The molecule has 20 heavy (non-hydrogen) atoms. The number of rotatable bonds is 4. The van der Waals surface area contributed by atoms with E-state index in [1.54, 1.807) is 12.1 Å². The molecule has 0 amide bonds. The Morgan fingerprint density at radius 2 is 2.05 bits per heavy atom. The maximum atomic E-state index is 12.2. The van der Waals surface area contributed by atoms with Crippen molar-refractivity contribution in [2.75, 3.05) is 11.9 Å². The average Bonchev–Trinajstić information content (AvgIpc) is 2.38. The highest BCUT2D eigenvalue weighted by atomic mass is 19.4. The lowest BCUT2D eigenvalue weighted by atomic mass is 10.2. The molecule has 7 heteroatoms. The predicted molar refractivity (Wildman–Crippen MR) is 68.3 cm³/mol. The zero-order valence-electron chi connectivity index (χ0n) is 10.6. The normalized spacial score (nSPS) is 11.2. The first-order valence-electron chi connectivity index (χ1n) is 5.91. The summed E-state index contributed by atoms with van der Waals surface area (Å²) < 4.78 is 40.4. The van der Waals surface area contributed by atoms with Crippen molar-refractivity contribution < 1.29 is 17.9 Å². The third kappa shape index (κ3) is 3.84. The van der Waals surface area contributed by atoms with Gasteiger partial charge in [-0.1, -0.05) is 12.1 Å². The van der Waals surface area contributed by atoms with Gasteiger partial charge in [0.05, 0.1) is 0 Å². The first-order chi connectivity index (χ1) is 9.48. The van der Waals surface area contributed by atoms with Crippen LogP contribution in [-0.4, -0.2) is 22.9 Å². The van der Waals surface area contributed by atoms with E-state index >= 15 is 0 Å². The highest BCUT2D eigenvalue weighted by Crippen LogP contribution is 2.26. The largest absolute Gasteiger partial charge is 0.573 e. The predicted octanol–water partition coefficient (Wildman–Crippen LogP) is 3.47. The summed E-state index contributed by atoms with van der Waals surface area (Å²) in [6.45, 7) is 2.60. The van der Waals surface area contributed by atoms with Gasteiger partial charge in [-0.15, -0.1) is 13.2 Å². The number of ether oxygens (including phenoxy) is 1. The number of halogens is 3. The molecule has 1 aromatic heterocycles. The van der Waals surface area contributed by atoms with Gasteiger partial charge < -0.3 is 10.1 Å². The van der Waals surface area contributed by atoms with E-state index in [4.69, 9.17) is 0 Å². The standard InChI is InChI=1S/C13H12F3N3O/c1-2-17-11-6-7-18-12(19-11)9-4-3-5-10(8-9)20-13(14,15)16/h3-8H,2H2,1H3,(H,17,18,19). The summed E-state index contributed by atoms with van der Waals surface area (Å²) in [5.74, 6) is 0.642. The van der Waals surface area contributed by atoms with Gasteiger partial charge in [0, 0.05) is 18.3 Å². The summed E-state index contributed by atoms with van der Waals surface area (Å²) in [7, 11) is 0. The van der Waals surface area contributed by atoms with Crippen molar-refractivity contribution in [2.24, 2.45) is 0 Å². The van der Waals surface area contributed by atoms with E-state index in [1.165, 1.54) is 24.4 Å². The Kier molecular flexibility index (Phi) is 4.07. The minimum Gasteiger partial charge on any atom is -0.406 e. The van der Waals surface area contributed by atoms with Crippen molar-refractivity contribution in [2.45, 2.75) is 13.3 Å². The van der Waals surface area contributed by atoms with E-state index < -0.39 is 6.36 Å². The average molecular weight is 283 g/mol. The zero-order valence-corrected chi connectivity index (χ0v) is 10.6. The smallest absolute Gasteiger partial charge is 0.406 e. The van der Waals surface area contributed by atoms with Crippen LogP contribution in [0.2, 0.25) is 0 Å². The van der Waals surface area contributed by atoms with E-state index in [-0.39, 0.29) is 5.75 Å². The van der Waals surface area contributed by atoms with E-state index in [2.05, 4.69) is 20.0 Å². The second kappa shape index (κ2) is 5.77. The van der Waals surface area contributed by atoms with Gasteiger partial charge in [-0.3, -0.25) is 0 Å². The molecule has 0 spiro atoms. The summed E-state index contributed by atoms with van der Waals surface area (Å²) in [4.78, 5) is 8.25. The Hall–Kier alpha value is -2.31. The Morgan fingerprint density at radius 1 is 1.25 bits per heavy atom. The monoisotopic (exact) mass is 283 g/mol. The summed E-state index contributed by atoms with van der Waals surface area (Å²) in [5.41, 5.74) is 0.450. The number of anilines is 1. The molecule has 4 nitrogen and oxygen atoms in total. The quantitative estimate of drug-likeness (QED) is 0.933. The van der Waals surface area contributed by atoms with Gasteiger partial charge in [-0.2, -0.15) is 0 Å². The Morgan fingerprint density at radius 3 is 2.75 bits per heavy atom. The van der Waals surface area contributed by atoms with E-state index in [9.17, 15) is 13.2 Å². The number of alkyl halides is 3. The minimum atomic E-state index is -4.72. The van der Waals surface area contributed by atoms with Crippen LogP contribution in [-0.2, 0) is 0 Å². The number of nitrogens with one attached hydrogen (secondary N) is 1. The number of aromatic nitrogens is 2. The summed E-state index contributed by atoms with van der Waals surface area (Å²) >= 11 is 0. The summed E-state index contributed by atoms with van der Waals surface area (Å²) in [6, 6.07) is 7.24. The van der Waals surface area contributed by atoms with Gasteiger partial charge in [0.15, 0.2) is 5.82 Å². The fourth-order valence-electron chi connectivity index (χ4n) is 1.61. The summed E-state index contributed by atoms with van der Waals surface area (Å²) in [6.07, 6.45) is -3.18. The highest BCUT2D eigenvalue weighted by molar-refractivity contribution is 5.59.